The lowest BCUT2D eigenvalue weighted by atomic mass is 10.1. The fourth-order valence-corrected chi connectivity index (χ4v) is 1.75. The zero-order valence-electron chi connectivity index (χ0n) is 12.9. The molecular weight excluding hydrogens is 254 g/mol. The van der Waals surface area contributed by atoms with E-state index in [0.29, 0.717) is 19.8 Å². The second-order valence-electron chi connectivity index (χ2n) is 4.87. The molecule has 0 aromatic heterocycles. The molecule has 0 aliphatic heterocycles. The van der Waals surface area contributed by atoms with Crippen LogP contribution < -0.4 is 10.1 Å². The van der Waals surface area contributed by atoms with E-state index in [1.165, 1.54) is 0 Å². The molecule has 1 amide bonds. The van der Waals surface area contributed by atoms with Crippen LogP contribution in [0.4, 0.5) is 0 Å². The van der Waals surface area contributed by atoms with Gasteiger partial charge < -0.3 is 14.8 Å². The standard InChI is InChI=1S/C16H25NO3/c1-5-19-10-6-9-17-16(18)14(4)20-15-11-12(2)7-8-13(15)3/h7-8,11,14H,5-6,9-10H2,1-4H3,(H,17,18). The summed E-state index contributed by atoms with van der Waals surface area (Å²) >= 11 is 0. The second-order valence-corrected chi connectivity index (χ2v) is 4.87. The average Bonchev–Trinajstić information content (AvgIpc) is 2.42. The highest BCUT2D eigenvalue weighted by atomic mass is 16.5. The highest BCUT2D eigenvalue weighted by molar-refractivity contribution is 5.80. The van der Waals surface area contributed by atoms with Gasteiger partial charge in [-0.3, -0.25) is 4.79 Å². The van der Waals surface area contributed by atoms with Crippen molar-refractivity contribution in [2.75, 3.05) is 19.8 Å². The van der Waals surface area contributed by atoms with Crippen LogP contribution in [0.5, 0.6) is 5.75 Å². The summed E-state index contributed by atoms with van der Waals surface area (Å²) in [7, 11) is 0. The number of ether oxygens (including phenoxy) is 2. The van der Waals surface area contributed by atoms with E-state index in [-0.39, 0.29) is 5.91 Å². The Kier molecular flexibility index (Phi) is 7.09. The molecule has 1 aromatic rings. The Hall–Kier alpha value is -1.55. The van der Waals surface area contributed by atoms with Crippen LogP contribution in [0.1, 0.15) is 31.4 Å². The molecule has 1 N–H and O–H groups in total. The van der Waals surface area contributed by atoms with Gasteiger partial charge in [-0.05, 0) is 51.3 Å². The summed E-state index contributed by atoms with van der Waals surface area (Å²) in [5.74, 6) is 0.671. The van der Waals surface area contributed by atoms with Gasteiger partial charge in [0.25, 0.3) is 5.91 Å². The number of nitrogens with one attached hydrogen (secondary N) is 1. The monoisotopic (exact) mass is 279 g/mol. The smallest absolute Gasteiger partial charge is 0.260 e. The van der Waals surface area contributed by atoms with Crippen LogP contribution in [0.3, 0.4) is 0 Å². The molecule has 1 unspecified atom stereocenters. The molecular formula is C16H25NO3. The van der Waals surface area contributed by atoms with Crippen LogP contribution in [-0.2, 0) is 9.53 Å². The summed E-state index contributed by atoms with van der Waals surface area (Å²) < 4.78 is 10.9. The van der Waals surface area contributed by atoms with Gasteiger partial charge in [-0.2, -0.15) is 0 Å². The molecule has 112 valence electrons. The lowest BCUT2D eigenvalue weighted by molar-refractivity contribution is -0.127. The Morgan fingerprint density at radius 1 is 1.35 bits per heavy atom. The highest BCUT2D eigenvalue weighted by Gasteiger charge is 2.15. The van der Waals surface area contributed by atoms with E-state index in [1.54, 1.807) is 6.92 Å². The summed E-state index contributed by atoms with van der Waals surface area (Å²) in [6, 6.07) is 5.98. The molecule has 0 aliphatic carbocycles. The number of carbonyl (C=O) groups excluding carboxylic acids is 1. The number of hydrogen-bond donors (Lipinski definition) is 1. The molecule has 0 saturated heterocycles. The molecule has 4 heteroatoms. The van der Waals surface area contributed by atoms with Crippen molar-refractivity contribution in [1.29, 1.82) is 0 Å². The number of rotatable bonds is 8. The Morgan fingerprint density at radius 3 is 2.80 bits per heavy atom. The fourth-order valence-electron chi connectivity index (χ4n) is 1.75. The van der Waals surface area contributed by atoms with E-state index in [4.69, 9.17) is 9.47 Å². The molecule has 1 aromatic carbocycles. The van der Waals surface area contributed by atoms with Crippen LogP contribution in [0.15, 0.2) is 18.2 Å². The number of benzene rings is 1. The lowest BCUT2D eigenvalue weighted by Crippen LogP contribution is -2.37. The Bertz CT molecular complexity index is 432. The van der Waals surface area contributed by atoms with E-state index in [0.717, 1.165) is 23.3 Å². The third-order valence-electron chi connectivity index (χ3n) is 2.99. The van der Waals surface area contributed by atoms with Crippen molar-refractivity contribution in [3.8, 4) is 5.75 Å². The van der Waals surface area contributed by atoms with E-state index < -0.39 is 6.10 Å². The Balaban J connectivity index is 2.39. The SMILES string of the molecule is CCOCCCNC(=O)C(C)Oc1cc(C)ccc1C. The minimum atomic E-state index is -0.498. The van der Waals surface area contributed by atoms with Gasteiger partial charge in [-0.25, -0.2) is 0 Å². The van der Waals surface area contributed by atoms with E-state index in [2.05, 4.69) is 5.32 Å². The summed E-state index contributed by atoms with van der Waals surface area (Å²) in [5.41, 5.74) is 2.15. The fraction of sp³-hybridized carbons (Fsp3) is 0.562. The second kappa shape index (κ2) is 8.59. The average molecular weight is 279 g/mol. The van der Waals surface area contributed by atoms with Crippen molar-refractivity contribution in [2.24, 2.45) is 0 Å². The minimum Gasteiger partial charge on any atom is -0.481 e. The van der Waals surface area contributed by atoms with Crippen molar-refractivity contribution in [3.63, 3.8) is 0 Å². The summed E-state index contributed by atoms with van der Waals surface area (Å²) in [6.45, 7) is 9.69. The molecule has 0 fully saturated rings. The van der Waals surface area contributed by atoms with Crippen LogP contribution in [0.25, 0.3) is 0 Å². The number of amides is 1. The number of hydrogen-bond acceptors (Lipinski definition) is 3. The first-order valence-corrected chi connectivity index (χ1v) is 7.14. The molecule has 1 rings (SSSR count). The van der Waals surface area contributed by atoms with Gasteiger partial charge in [0, 0.05) is 19.8 Å². The summed E-state index contributed by atoms with van der Waals surface area (Å²) in [4.78, 5) is 11.9. The van der Waals surface area contributed by atoms with Crippen molar-refractivity contribution in [3.05, 3.63) is 29.3 Å². The number of aryl methyl sites for hydroxylation is 2. The van der Waals surface area contributed by atoms with Crippen molar-refractivity contribution < 1.29 is 14.3 Å². The summed E-state index contributed by atoms with van der Waals surface area (Å²) in [5, 5.41) is 2.85. The first kappa shape index (κ1) is 16.5. The Morgan fingerprint density at radius 2 is 2.10 bits per heavy atom. The molecule has 0 spiro atoms. The van der Waals surface area contributed by atoms with Gasteiger partial charge in [-0.1, -0.05) is 12.1 Å². The first-order chi connectivity index (χ1) is 9.54. The lowest BCUT2D eigenvalue weighted by Gasteiger charge is -2.16. The van der Waals surface area contributed by atoms with Crippen molar-refractivity contribution in [2.45, 2.75) is 40.2 Å². The quantitative estimate of drug-likeness (QED) is 0.744. The zero-order chi connectivity index (χ0) is 15.0. The van der Waals surface area contributed by atoms with Gasteiger partial charge in [0.15, 0.2) is 6.10 Å². The van der Waals surface area contributed by atoms with E-state index in [9.17, 15) is 4.79 Å². The van der Waals surface area contributed by atoms with Gasteiger partial charge in [0.2, 0.25) is 0 Å². The third-order valence-corrected chi connectivity index (χ3v) is 2.99. The van der Waals surface area contributed by atoms with Crippen LogP contribution in [-0.4, -0.2) is 31.8 Å². The molecule has 0 saturated carbocycles. The minimum absolute atomic E-state index is 0.0950. The molecule has 4 nitrogen and oxygen atoms in total. The first-order valence-electron chi connectivity index (χ1n) is 7.14. The van der Waals surface area contributed by atoms with Crippen LogP contribution >= 0.6 is 0 Å². The largest absolute Gasteiger partial charge is 0.481 e. The van der Waals surface area contributed by atoms with E-state index >= 15 is 0 Å². The molecule has 1 atom stereocenters. The molecule has 0 bridgehead atoms. The van der Waals surface area contributed by atoms with Gasteiger partial charge in [0.05, 0.1) is 0 Å². The van der Waals surface area contributed by atoms with Crippen LogP contribution in [0.2, 0.25) is 0 Å². The predicted molar refractivity (Wildman–Crippen MR) is 80.1 cm³/mol. The van der Waals surface area contributed by atoms with Gasteiger partial charge in [-0.15, -0.1) is 0 Å². The third kappa shape index (κ3) is 5.61. The maximum absolute atomic E-state index is 11.9. The van der Waals surface area contributed by atoms with Gasteiger partial charge in [0.1, 0.15) is 5.75 Å². The molecule has 0 radical (unpaired) electrons. The predicted octanol–water partition coefficient (Wildman–Crippen LogP) is 2.61. The Labute approximate surface area is 121 Å². The summed E-state index contributed by atoms with van der Waals surface area (Å²) in [6.07, 6.45) is 0.318. The molecule has 0 heterocycles. The van der Waals surface area contributed by atoms with Crippen molar-refractivity contribution >= 4 is 5.91 Å². The number of carbonyl (C=O) groups is 1. The maximum atomic E-state index is 11.9. The highest BCUT2D eigenvalue weighted by Crippen LogP contribution is 2.20. The molecule has 20 heavy (non-hydrogen) atoms. The van der Waals surface area contributed by atoms with Gasteiger partial charge >= 0.3 is 0 Å². The maximum Gasteiger partial charge on any atom is 0.260 e. The zero-order valence-corrected chi connectivity index (χ0v) is 12.9. The van der Waals surface area contributed by atoms with E-state index in [1.807, 2.05) is 39.0 Å². The molecule has 0 aliphatic rings. The topological polar surface area (TPSA) is 47.6 Å². The normalized spacial score (nSPS) is 12.0. The van der Waals surface area contributed by atoms with Crippen molar-refractivity contribution in [1.82, 2.24) is 5.32 Å². The van der Waals surface area contributed by atoms with Crippen LogP contribution in [0, 0.1) is 13.8 Å².